The topological polar surface area (TPSA) is 23.8 Å². The van der Waals surface area contributed by atoms with Crippen LogP contribution < -0.4 is 0 Å². The maximum Gasteiger partial charge on any atom is 0.0941 e. The number of hydrogen-bond acceptors (Lipinski definition) is 1. The average molecular weight is 173 g/mol. The fourth-order valence-electron chi connectivity index (χ4n) is 1.47. The molecule has 1 unspecified atom stereocenters. The Hall–Kier alpha value is -1.29. The van der Waals surface area contributed by atoms with Crippen molar-refractivity contribution in [2.75, 3.05) is 0 Å². The van der Waals surface area contributed by atoms with Gasteiger partial charge < -0.3 is 0 Å². The van der Waals surface area contributed by atoms with Crippen molar-refractivity contribution >= 4 is 0 Å². The van der Waals surface area contributed by atoms with E-state index in [1.165, 1.54) is 5.57 Å². The molecule has 0 amide bonds. The molecule has 0 saturated heterocycles. The van der Waals surface area contributed by atoms with Gasteiger partial charge in [-0.15, -0.1) is 0 Å². The Kier molecular flexibility index (Phi) is 2.72. The van der Waals surface area contributed by atoms with Gasteiger partial charge in [0.2, 0.25) is 0 Å². The molecule has 0 bridgehead atoms. The van der Waals surface area contributed by atoms with Crippen molar-refractivity contribution in [2.45, 2.75) is 27.2 Å². The third-order valence-corrected chi connectivity index (χ3v) is 2.31. The quantitative estimate of drug-likeness (QED) is 0.558. The largest absolute Gasteiger partial charge is 0.193 e. The van der Waals surface area contributed by atoms with E-state index in [9.17, 15) is 0 Å². The van der Waals surface area contributed by atoms with Crippen molar-refractivity contribution < 1.29 is 0 Å². The summed E-state index contributed by atoms with van der Waals surface area (Å²) >= 11 is 0. The number of hydrogen-bond donors (Lipinski definition) is 0. The highest BCUT2D eigenvalue weighted by atomic mass is 14.3. The van der Waals surface area contributed by atoms with Crippen LogP contribution in [0, 0.1) is 16.7 Å². The Balaban J connectivity index is 2.84. The fraction of sp³-hybridized carbons (Fsp3) is 0.417. The molecular formula is C12H15N. The molecule has 0 fully saturated rings. The van der Waals surface area contributed by atoms with Crippen molar-refractivity contribution in [1.29, 1.82) is 5.26 Å². The monoisotopic (exact) mass is 173 g/mol. The lowest BCUT2D eigenvalue weighted by atomic mass is 9.81. The summed E-state index contributed by atoms with van der Waals surface area (Å²) in [4.78, 5) is 0. The molecule has 0 aromatic heterocycles. The molecule has 1 heteroatoms. The van der Waals surface area contributed by atoms with Gasteiger partial charge in [-0.25, -0.2) is 0 Å². The molecule has 1 atom stereocenters. The molecule has 0 radical (unpaired) electrons. The molecule has 0 N–H and O–H groups in total. The minimum Gasteiger partial charge on any atom is -0.193 e. The van der Waals surface area contributed by atoms with E-state index in [-0.39, 0.29) is 5.41 Å². The van der Waals surface area contributed by atoms with Crippen LogP contribution in [0.1, 0.15) is 27.2 Å². The first-order valence-electron chi connectivity index (χ1n) is 4.51. The Morgan fingerprint density at radius 2 is 2.38 bits per heavy atom. The summed E-state index contributed by atoms with van der Waals surface area (Å²) in [7, 11) is 0. The molecule has 1 aliphatic rings. The molecule has 1 rings (SSSR count). The Bertz CT molecular complexity index is 326. The summed E-state index contributed by atoms with van der Waals surface area (Å²) in [6.45, 7) is 6.09. The van der Waals surface area contributed by atoms with Crippen LogP contribution in [0.25, 0.3) is 0 Å². The zero-order valence-corrected chi connectivity index (χ0v) is 8.46. The molecule has 0 spiro atoms. The summed E-state index contributed by atoms with van der Waals surface area (Å²) in [6, 6.07) is 2.16. The van der Waals surface area contributed by atoms with Gasteiger partial charge in [-0.3, -0.25) is 0 Å². The second-order valence-electron chi connectivity index (χ2n) is 3.93. The molecule has 0 aliphatic heterocycles. The smallest absolute Gasteiger partial charge is 0.0941 e. The van der Waals surface area contributed by atoms with E-state index in [2.05, 4.69) is 38.1 Å². The lowest BCUT2D eigenvalue weighted by Gasteiger charge is -2.23. The number of rotatable bonds is 1. The summed E-state index contributed by atoms with van der Waals surface area (Å²) in [5.41, 5.74) is 2.14. The van der Waals surface area contributed by atoms with Crippen molar-refractivity contribution in [2.24, 2.45) is 5.41 Å². The summed E-state index contributed by atoms with van der Waals surface area (Å²) < 4.78 is 0. The van der Waals surface area contributed by atoms with E-state index in [4.69, 9.17) is 5.26 Å². The SMILES string of the molecule is CC1=CCC(C)(/C=C(/C)C#N)C=C1. The second-order valence-corrected chi connectivity index (χ2v) is 3.93. The van der Waals surface area contributed by atoms with Gasteiger partial charge in [-0.1, -0.05) is 36.8 Å². The second kappa shape index (κ2) is 3.62. The third kappa shape index (κ3) is 2.59. The Morgan fingerprint density at radius 1 is 1.69 bits per heavy atom. The predicted molar refractivity (Wildman–Crippen MR) is 55.0 cm³/mol. The Labute approximate surface area is 80.1 Å². The highest BCUT2D eigenvalue weighted by Gasteiger charge is 2.18. The first-order valence-corrected chi connectivity index (χ1v) is 4.51. The van der Waals surface area contributed by atoms with E-state index in [1.807, 2.05) is 13.0 Å². The Morgan fingerprint density at radius 3 is 2.85 bits per heavy atom. The number of nitriles is 1. The normalized spacial score (nSPS) is 28.2. The maximum absolute atomic E-state index is 8.67. The fourth-order valence-corrected chi connectivity index (χ4v) is 1.47. The molecule has 1 aliphatic carbocycles. The van der Waals surface area contributed by atoms with Crippen molar-refractivity contribution in [3.8, 4) is 6.07 Å². The molecule has 0 saturated carbocycles. The van der Waals surface area contributed by atoms with Crippen LogP contribution in [0.15, 0.2) is 35.5 Å². The van der Waals surface area contributed by atoms with Gasteiger partial charge >= 0.3 is 0 Å². The van der Waals surface area contributed by atoms with Crippen LogP contribution in [-0.2, 0) is 0 Å². The van der Waals surface area contributed by atoms with Crippen molar-refractivity contribution in [1.82, 2.24) is 0 Å². The van der Waals surface area contributed by atoms with Crippen LogP contribution in [0.4, 0.5) is 0 Å². The number of nitrogens with zero attached hydrogens (tertiary/aromatic N) is 1. The average Bonchev–Trinajstić information content (AvgIpc) is 2.10. The first-order chi connectivity index (χ1) is 6.06. The zero-order valence-electron chi connectivity index (χ0n) is 8.46. The van der Waals surface area contributed by atoms with Crippen LogP contribution >= 0.6 is 0 Å². The summed E-state index contributed by atoms with van der Waals surface area (Å²) in [5.74, 6) is 0. The van der Waals surface area contributed by atoms with Gasteiger partial charge in [0.15, 0.2) is 0 Å². The molecule has 0 heterocycles. The molecule has 68 valence electrons. The van der Waals surface area contributed by atoms with Crippen LogP contribution in [0.5, 0.6) is 0 Å². The van der Waals surface area contributed by atoms with Crippen molar-refractivity contribution in [3.63, 3.8) is 0 Å². The first kappa shape index (κ1) is 9.80. The summed E-state index contributed by atoms with van der Waals surface area (Å²) in [6.07, 6.45) is 9.52. The van der Waals surface area contributed by atoms with Crippen LogP contribution in [0.3, 0.4) is 0 Å². The lowest BCUT2D eigenvalue weighted by molar-refractivity contribution is 0.551. The lowest BCUT2D eigenvalue weighted by Crippen LogP contribution is -2.11. The molecule has 0 aromatic carbocycles. The van der Waals surface area contributed by atoms with Gasteiger partial charge in [-0.05, 0) is 20.3 Å². The van der Waals surface area contributed by atoms with Crippen molar-refractivity contribution in [3.05, 3.63) is 35.5 Å². The van der Waals surface area contributed by atoms with Gasteiger partial charge in [0.25, 0.3) is 0 Å². The zero-order chi connectivity index (χ0) is 9.90. The van der Waals surface area contributed by atoms with E-state index in [1.54, 1.807) is 0 Å². The summed E-state index contributed by atoms with van der Waals surface area (Å²) in [5, 5.41) is 8.67. The van der Waals surface area contributed by atoms with E-state index in [0.717, 1.165) is 12.0 Å². The van der Waals surface area contributed by atoms with Gasteiger partial charge in [0.05, 0.1) is 6.07 Å². The number of allylic oxidation sites excluding steroid dienone is 6. The maximum atomic E-state index is 8.67. The highest BCUT2D eigenvalue weighted by molar-refractivity contribution is 5.31. The van der Waals surface area contributed by atoms with E-state index >= 15 is 0 Å². The molecule has 0 aromatic rings. The van der Waals surface area contributed by atoms with Gasteiger partial charge in [-0.2, -0.15) is 5.26 Å². The third-order valence-electron chi connectivity index (χ3n) is 2.31. The predicted octanol–water partition coefficient (Wildman–Crippen LogP) is 3.37. The van der Waals surface area contributed by atoms with Crippen LogP contribution in [0.2, 0.25) is 0 Å². The molecular weight excluding hydrogens is 158 g/mol. The van der Waals surface area contributed by atoms with Gasteiger partial charge in [0, 0.05) is 11.0 Å². The standard InChI is InChI=1S/C12H15N/c1-10-4-6-12(3,7-5-10)8-11(2)9-13/h4-6,8H,7H2,1-3H3/b11-8-. The minimum absolute atomic E-state index is 0.0410. The minimum atomic E-state index is 0.0410. The van der Waals surface area contributed by atoms with E-state index < -0.39 is 0 Å². The van der Waals surface area contributed by atoms with Gasteiger partial charge in [0.1, 0.15) is 0 Å². The molecule has 13 heavy (non-hydrogen) atoms. The van der Waals surface area contributed by atoms with Crippen LogP contribution in [-0.4, -0.2) is 0 Å². The molecule has 1 nitrogen and oxygen atoms in total. The van der Waals surface area contributed by atoms with E-state index in [0.29, 0.717) is 0 Å². The highest BCUT2D eigenvalue weighted by Crippen LogP contribution is 2.31.